The van der Waals surface area contributed by atoms with E-state index < -0.39 is 5.97 Å². The lowest BCUT2D eigenvalue weighted by Crippen LogP contribution is -2.11. The lowest BCUT2D eigenvalue weighted by molar-refractivity contribution is 0.0693. The molecular formula is C18H26O4. The van der Waals surface area contributed by atoms with Crippen LogP contribution in [0.3, 0.4) is 0 Å². The maximum atomic E-state index is 10.9. The van der Waals surface area contributed by atoms with Gasteiger partial charge < -0.3 is 14.9 Å². The highest BCUT2D eigenvalue weighted by atomic mass is 16.5. The Morgan fingerprint density at radius 3 is 2.68 bits per heavy atom. The number of rotatable bonds is 10. The molecule has 0 heterocycles. The molecule has 22 heavy (non-hydrogen) atoms. The van der Waals surface area contributed by atoms with Crippen molar-refractivity contribution in [2.24, 2.45) is 5.92 Å². The van der Waals surface area contributed by atoms with Crippen LogP contribution in [0.4, 0.5) is 0 Å². The van der Waals surface area contributed by atoms with Gasteiger partial charge >= 0.3 is 5.97 Å². The number of aromatic hydroxyl groups is 1. The van der Waals surface area contributed by atoms with Crippen molar-refractivity contribution < 1.29 is 19.7 Å². The Bertz CT molecular complexity index is 494. The molecular weight excluding hydrogens is 280 g/mol. The molecule has 1 rings (SSSR count). The molecule has 0 aromatic heterocycles. The number of hydrogen-bond donors (Lipinski definition) is 2. The molecule has 0 radical (unpaired) electrons. The van der Waals surface area contributed by atoms with Gasteiger partial charge in [0.25, 0.3) is 0 Å². The lowest BCUT2D eigenvalue weighted by Gasteiger charge is -2.16. The maximum absolute atomic E-state index is 10.9. The molecule has 1 aromatic rings. The van der Waals surface area contributed by atoms with Crippen molar-refractivity contribution >= 4 is 5.97 Å². The molecule has 2 N–H and O–H groups in total. The first-order valence-corrected chi connectivity index (χ1v) is 7.92. The molecule has 4 heteroatoms. The number of carbonyl (C=O) groups is 1. The van der Waals surface area contributed by atoms with Crippen LogP contribution < -0.4 is 4.74 Å². The topological polar surface area (TPSA) is 66.8 Å². The second-order valence-electron chi connectivity index (χ2n) is 5.42. The van der Waals surface area contributed by atoms with Crippen LogP contribution in [0.2, 0.25) is 0 Å². The van der Waals surface area contributed by atoms with E-state index in [9.17, 15) is 9.90 Å². The largest absolute Gasteiger partial charge is 0.507 e. The molecule has 0 spiro atoms. The van der Waals surface area contributed by atoms with Crippen LogP contribution >= 0.6 is 0 Å². The van der Waals surface area contributed by atoms with Gasteiger partial charge in [-0.3, -0.25) is 0 Å². The highest BCUT2D eigenvalue weighted by Gasteiger charge is 2.12. The fourth-order valence-corrected chi connectivity index (χ4v) is 2.21. The lowest BCUT2D eigenvalue weighted by atomic mass is 9.99. The third kappa shape index (κ3) is 6.20. The second-order valence-corrected chi connectivity index (χ2v) is 5.42. The van der Waals surface area contributed by atoms with Crippen LogP contribution in [0, 0.1) is 5.92 Å². The summed E-state index contributed by atoms with van der Waals surface area (Å²) >= 11 is 0. The number of hydrogen-bond acceptors (Lipinski definition) is 3. The average molecular weight is 306 g/mol. The Morgan fingerprint density at radius 1 is 1.32 bits per heavy atom. The van der Waals surface area contributed by atoms with Gasteiger partial charge in [0.15, 0.2) is 0 Å². The molecule has 0 aliphatic carbocycles. The van der Waals surface area contributed by atoms with Gasteiger partial charge in [-0.05, 0) is 37.3 Å². The van der Waals surface area contributed by atoms with E-state index in [2.05, 4.69) is 26.0 Å². The van der Waals surface area contributed by atoms with Crippen molar-refractivity contribution in [3.05, 3.63) is 35.9 Å². The molecule has 0 aliphatic heterocycles. The fraction of sp³-hybridized carbons (Fsp3) is 0.500. The zero-order valence-electron chi connectivity index (χ0n) is 13.4. The van der Waals surface area contributed by atoms with Crippen LogP contribution in [-0.4, -0.2) is 22.8 Å². The van der Waals surface area contributed by atoms with E-state index in [1.807, 2.05) is 0 Å². The minimum atomic E-state index is -1.14. The first-order chi connectivity index (χ1) is 10.6. The minimum Gasteiger partial charge on any atom is -0.507 e. The van der Waals surface area contributed by atoms with Crippen molar-refractivity contribution in [1.82, 2.24) is 0 Å². The Labute approximate surface area is 132 Å². The fourth-order valence-electron chi connectivity index (χ4n) is 2.21. The van der Waals surface area contributed by atoms with Gasteiger partial charge in [0, 0.05) is 6.07 Å². The van der Waals surface area contributed by atoms with Gasteiger partial charge in [0.05, 0.1) is 6.61 Å². The van der Waals surface area contributed by atoms with Crippen LogP contribution in [0.15, 0.2) is 30.4 Å². The number of ether oxygens (including phenoxy) is 1. The summed E-state index contributed by atoms with van der Waals surface area (Å²) < 4.78 is 5.72. The van der Waals surface area contributed by atoms with Crippen molar-refractivity contribution in [1.29, 1.82) is 0 Å². The van der Waals surface area contributed by atoms with Crippen molar-refractivity contribution in [2.45, 2.75) is 46.0 Å². The van der Waals surface area contributed by atoms with Crippen molar-refractivity contribution in [3.63, 3.8) is 0 Å². The number of phenols is 1. The summed E-state index contributed by atoms with van der Waals surface area (Å²) in [7, 11) is 0. The number of unbranched alkanes of at least 4 members (excludes halogenated alkanes) is 1. The standard InChI is InChI=1S/C18H26O4/c1-3-5-7-9-14(8-6-4-2)13-22-15-10-11-16(18(20)21)17(19)12-15/h5,7,10-12,14,19H,3-4,6,8-9,13H2,1-2H3,(H,20,21)/b7-5-. The third-order valence-corrected chi connectivity index (χ3v) is 3.52. The molecule has 0 saturated heterocycles. The van der Waals surface area contributed by atoms with Gasteiger partial charge in [-0.25, -0.2) is 4.79 Å². The molecule has 0 amide bonds. The van der Waals surface area contributed by atoms with Gasteiger partial charge in [0.2, 0.25) is 0 Å². The maximum Gasteiger partial charge on any atom is 0.339 e. The molecule has 0 saturated carbocycles. The van der Waals surface area contributed by atoms with Gasteiger partial charge in [0.1, 0.15) is 17.1 Å². The Balaban J connectivity index is 2.61. The summed E-state index contributed by atoms with van der Waals surface area (Å²) in [5.41, 5.74) is -0.110. The van der Waals surface area contributed by atoms with Crippen LogP contribution in [-0.2, 0) is 0 Å². The second kappa shape index (κ2) is 9.87. The van der Waals surface area contributed by atoms with Gasteiger partial charge in [-0.1, -0.05) is 38.8 Å². The summed E-state index contributed by atoms with van der Waals surface area (Å²) in [5, 5.41) is 18.6. The molecule has 122 valence electrons. The summed E-state index contributed by atoms with van der Waals surface area (Å²) in [6.45, 7) is 4.85. The monoisotopic (exact) mass is 306 g/mol. The smallest absolute Gasteiger partial charge is 0.339 e. The van der Waals surface area contributed by atoms with E-state index in [1.165, 1.54) is 12.1 Å². The Kier molecular flexibility index (Phi) is 8.11. The highest BCUT2D eigenvalue weighted by Crippen LogP contribution is 2.25. The zero-order chi connectivity index (χ0) is 16.4. The van der Waals surface area contributed by atoms with Crippen molar-refractivity contribution in [3.8, 4) is 11.5 Å². The van der Waals surface area contributed by atoms with E-state index in [1.54, 1.807) is 6.07 Å². The molecule has 1 unspecified atom stereocenters. The predicted octanol–water partition coefficient (Wildman–Crippen LogP) is 4.63. The van der Waals surface area contributed by atoms with Crippen LogP contribution in [0.5, 0.6) is 11.5 Å². The zero-order valence-corrected chi connectivity index (χ0v) is 13.4. The third-order valence-electron chi connectivity index (χ3n) is 3.52. The van der Waals surface area contributed by atoms with E-state index in [0.717, 1.165) is 32.1 Å². The first kappa shape index (κ1) is 18.1. The normalized spacial score (nSPS) is 12.5. The summed E-state index contributed by atoms with van der Waals surface area (Å²) in [4.78, 5) is 10.9. The number of allylic oxidation sites excluding steroid dienone is 2. The number of benzene rings is 1. The summed E-state index contributed by atoms with van der Waals surface area (Å²) in [6.07, 6.45) is 9.78. The molecule has 1 atom stereocenters. The van der Waals surface area contributed by atoms with E-state index >= 15 is 0 Å². The molecule has 0 bridgehead atoms. The Hall–Kier alpha value is -1.97. The van der Waals surface area contributed by atoms with E-state index in [0.29, 0.717) is 18.3 Å². The SMILES string of the molecule is CC/C=C\CC(CCCC)COc1ccc(C(=O)O)c(O)c1. The number of carboxylic acids is 1. The number of aromatic carboxylic acids is 1. The summed E-state index contributed by atoms with van der Waals surface area (Å²) in [5.74, 6) is -0.469. The molecule has 0 aliphatic rings. The van der Waals surface area contributed by atoms with E-state index in [-0.39, 0.29) is 11.3 Å². The minimum absolute atomic E-state index is 0.110. The number of carboxylic acid groups (broad SMARTS) is 1. The first-order valence-electron chi connectivity index (χ1n) is 7.92. The van der Waals surface area contributed by atoms with Crippen molar-refractivity contribution in [2.75, 3.05) is 6.61 Å². The van der Waals surface area contributed by atoms with E-state index in [4.69, 9.17) is 9.84 Å². The van der Waals surface area contributed by atoms with Gasteiger partial charge in [-0.15, -0.1) is 0 Å². The Morgan fingerprint density at radius 2 is 2.09 bits per heavy atom. The van der Waals surface area contributed by atoms with Gasteiger partial charge in [-0.2, -0.15) is 0 Å². The highest BCUT2D eigenvalue weighted by molar-refractivity contribution is 5.90. The molecule has 0 fully saturated rings. The quantitative estimate of drug-likeness (QED) is 0.618. The average Bonchev–Trinajstić information content (AvgIpc) is 2.49. The summed E-state index contributed by atoms with van der Waals surface area (Å²) in [6, 6.07) is 4.31. The molecule has 4 nitrogen and oxygen atoms in total. The van der Waals surface area contributed by atoms with Crippen LogP contribution in [0.25, 0.3) is 0 Å². The predicted molar refractivity (Wildman–Crippen MR) is 87.6 cm³/mol. The van der Waals surface area contributed by atoms with Crippen LogP contribution in [0.1, 0.15) is 56.3 Å². The molecule has 1 aromatic carbocycles.